The van der Waals surface area contributed by atoms with Gasteiger partial charge in [0.1, 0.15) is 6.04 Å². The number of carboxylic acids is 1. The van der Waals surface area contributed by atoms with Crippen molar-refractivity contribution in [3.8, 4) is 0 Å². The molecule has 0 aliphatic carbocycles. The second kappa shape index (κ2) is 7.33. The zero-order valence-corrected chi connectivity index (χ0v) is 13.1. The summed E-state index contributed by atoms with van der Waals surface area (Å²) in [6.45, 7) is 3.92. The Labute approximate surface area is 127 Å². The van der Waals surface area contributed by atoms with Crippen LogP contribution in [0.3, 0.4) is 0 Å². The van der Waals surface area contributed by atoms with E-state index in [4.69, 9.17) is 5.11 Å². The summed E-state index contributed by atoms with van der Waals surface area (Å²) in [5, 5.41) is 15.2. The lowest BCUT2D eigenvalue weighted by atomic mass is 10.0. The van der Waals surface area contributed by atoms with Crippen LogP contribution < -0.4 is 5.32 Å². The van der Waals surface area contributed by atoms with E-state index in [-0.39, 0.29) is 18.0 Å². The van der Waals surface area contributed by atoms with Crippen molar-refractivity contribution in [2.24, 2.45) is 5.92 Å². The number of nitrogens with one attached hydrogen (secondary N) is 1. The average Bonchev–Trinajstić information content (AvgIpc) is 2.65. The molecular weight excluding hydrogens is 296 g/mol. The van der Waals surface area contributed by atoms with Crippen LogP contribution in [-0.4, -0.2) is 32.8 Å². The van der Waals surface area contributed by atoms with Gasteiger partial charge < -0.3 is 10.4 Å². The number of aromatic nitrogens is 2. The molecule has 1 unspecified atom stereocenters. The molecule has 0 radical (unpaired) electrons. The summed E-state index contributed by atoms with van der Waals surface area (Å²) in [6.07, 6.45) is 0.127. The van der Waals surface area contributed by atoms with Gasteiger partial charge in [-0.2, -0.15) is 13.9 Å². The Morgan fingerprint density at radius 2 is 1.91 bits per heavy atom. The maximum Gasteiger partial charge on any atom is 0.333 e. The third kappa shape index (κ3) is 4.51. The molecule has 0 spiro atoms. The van der Waals surface area contributed by atoms with Crippen molar-refractivity contribution in [2.45, 2.75) is 53.1 Å². The summed E-state index contributed by atoms with van der Waals surface area (Å²) in [5.74, 6) is -1.53. The predicted molar refractivity (Wildman–Crippen MR) is 75.7 cm³/mol. The smallest absolute Gasteiger partial charge is 0.333 e. The van der Waals surface area contributed by atoms with Crippen LogP contribution in [0.5, 0.6) is 0 Å². The molecule has 1 amide bonds. The molecule has 8 heteroatoms. The number of aryl methyl sites for hydroxylation is 1. The van der Waals surface area contributed by atoms with E-state index >= 15 is 0 Å². The number of aliphatic carboxylic acids is 1. The third-order valence-electron chi connectivity index (χ3n) is 3.34. The minimum absolute atomic E-state index is 0.103. The van der Waals surface area contributed by atoms with Gasteiger partial charge in [0, 0.05) is 11.3 Å². The minimum Gasteiger partial charge on any atom is -0.480 e. The summed E-state index contributed by atoms with van der Waals surface area (Å²) in [5.41, 5.74) is 0.938. The first kappa shape index (κ1) is 18.1. The van der Waals surface area contributed by atoms with Crippen molar-refractivity contribution >= 4 is 11.9 Å². The van der Waals surface area contributed by atoms with Gasteiger partial charge in [-0.3, -0.25) is 4.79 Å². The Balaban J connectivity index is 2.82. The average molecular weight is 317 g/mol. The Bertz CT molecular complexity index is 556. The molecule has 2 N–H and O–H groups in total. The standard InChI is InChI=1S/C14H21F2N3O3/c1-7(2)5-11(13(21)22)17-12(20)6-10-8(3)18-19(9(10)4)14(15)16/h7,11,14H,5-6H2,1-4H3,(H,17,20)(H,21,22). The maximum absolute atomic E-state index is 12.7. The third-order valence-corrected chi connectivity index (χ3v) is 3.34. The van der Waals surface area contributed by atoms with Crippen LogP contribution in [0.25, 0.3) is 0 Å². The lowest BCUT2D eigenvalue weighted by molar-refractivity contribution is -0.142. The second-order valence-corrected chi connectivity index (χ2v) is 5.64. The molecule has 22 heavy (non-hydrogen) atoms. The summed E-state index contributed by atoms with van der Waals surface area (Å²) < 4.78 is 26.0. The van der Waals surface area contributed by atoms with Crippen molar-refractivity contribution in [3.63, 3.8) is 0 Å². The number of halogens is 2. The molecule has 1 rings (SSSR count). The van der Waals surface area contributed by atoms with Crippen molar-refractivity contribution < 1.29 is 23.5 Å². The molecule has 0 fully saturated rings. The summed E-state index contributed by atoms with van der Waals surface area (Å²) in [4.78, 5) is 23.1. The highest BCUT2D eigenvalue weighted by atomic mass is 19.3. The Morgan fingerprint density at radius 3 is 2.32 bits per heavy atom. The van der Waals surface area contributed by atoms with Gasteiger partial charge in [0.2, 0.25) is 5.91 Å². The predicted octanol–water partition coefficient (Wildman–Crippen LogP) is 2.05. The Morgan fingerprint density at radius 1 is 1.32 bits per heavy atom. The van der Waals surface area contributed by atoms with E-state index in [0.29, 0.717) is 22.4 Å². The highest BCUT2D eigenvalue weighted by Crippen LogP contribution is 2.19. The number of carboxylic acid groups (broad SMARTS) is 1. The fourth-order valence-electron chi connectivity index (χ4n) is 2.24. The number of hydrogen-bond donors (Lipinski definition) is 2. The zero-order chi connectivity index (χ0) is 17.0. The molecule has 1 atom stereocenters. The molecule has 0 saturated heterocycles. The quantitative estimate of drug-likeness (QED) is 0.806. The van der Waals surface area contributed by atoms with Gasteiger partial charge in [0.15, 0.2) is 0 Å². The first-order valence-corrected chi connectivity index (χ1v) is 6.98. The fraction of sp³-hybridized carbons (Fsp3) is 0.643. The van der Waals surface area contributed by atoms with Gasteiger partial charge in [0.25, 0.3) is 0 Å². The lowest BCUT2D eigenvalue weighted by Crippen LogP contribution is -2.42. The number of alkyl halides is 2. The van der Waals surface area contributed by atoms with Crippen LogP contribution in [-0.2, 0) is 16.0 Å². The van der Waals surface area contributed by atoms with Gasteiger partial charge in [-0.15, -0.1) is 0 Å². The maximum atomic E-state index is 12.7. The topological polar surface area (TPSA) is 84.2 Å². The summed E-state index contributed by atoms with van der Waals surface area (Å²) in [6, 6.07) is -0.988. The number of carbonyl (C=O) groups excluding carboxylic acids is 1. The highest BCUT2D eigenvalue weighted by Gasteiger charge is 2.23. The van der Waals surface area contributed by atoms with E-state index in [9.17, 15) is 18.4 Å². The molecule has 1 aromatic heterocycles. The van der Waals surface area contributed by atoms with Crippen LogP contribution in [0.2, 0.25) is 0 Å². The molecule has 1 aromatic rings. The SMILES string of the molecule is Cc1nn(C(F)F)c(C)c1CC(=O)NC(CC(C)C)C(=O)O. The fourth-order valence-corrected chi connectivity index (χ4v) is 2.24. The molecule has 0 aliphatic heterocycles. The first-order chi connectivity index (χ1) is 10.1. The molecule has 1 heterocycles. The summed E-state index contributed by atoms with van der Waals surface area (Å²) >= 11 is 0. The van der Waals surface area contributed by atoms with E-state index in [1.165, 1.54) is 13.8 Å². The highest BCUT2D eigenvalue weighted by molar-refractivity contribution is 5.85. The largest absolute Gasteiger partial charge is 0.480 e. The number of amides is 1. The van der Waals surface area contributed by atoms with E-state index in [1.54, 1.807) is 0 Å². The van der Waals surface area contributed by atoms with Gasteiger partial charge in [0.05, 0.1) is 12.1 Å². The van der Waals surface area contributed by atoms with Gasteiger partial charge in [-0.25, -0.2) is 9.48 Å². The van der Waals surface area contributed by atoms with Gasteiger partial charge in [-0.1, -0.05) is 13.8 Å². The number of nitrogens with zero attached hydrogens (tertiary/aromatic N) is 2. The zero-order valence-electron chi connectivity index (χ0n) is 13.1. The minimum atomic E-state index is -2.77. The Kier molecular flexibility index (Phi) is 6.01. The van der Waals surface area contributed by atoms with E-state index < -0.39 is 24.5 Å². The second-order valence-electron chi connectivity index (χ2n) is 5.64. The molecule has 0 aromatic carbocycles. The molecule has 0 saturated carbocycles. The van der Waals surface area contributed by atoms with Crippen molar-refractivity contribution in [2.75, 3.05) is 0 Å². The van der Waals surface area contributed by atoms with Crippen molar-refractivity contribution in [1.29, 1.82) is 0 Å². The van der Waals surface area contributed by atoms with E-state index in [1.807, 2.05) is 13.8 Å². The van der Waals surface area contributed by atoms with Crippen LogP contribution in [0.4, 0.5) is 8.78 Å². The number of hydrogen-bond acceptors (Lipinski definition) is 3. The van der Waals surface area contributed by atoms with E-state index in [2.05, 4.69) is 10.4 Å². The van der Waals surface area contributed by atoms with Crippen LogP contribution in [0.15, 0.2) is 0 Å². The monoisotopic (exact) mass is 317 g/mol. The lowest BCUT2D eigenvalue weighted by Gasteiger charge is -2.16. The molecule has 0 bridgehead atoms. The van der Waals surface area contributed by atoms with Crippen molar-refractivity contribution in [1.82, 2.24) is 15.1 Å². The van der Waals surface area contributed by atoms with Crippen LogP contribution in [0.1, 0.15) is 43.8 Å². The number of rotatable bonds is 7. The summed E-state index contributed by atoms with van der Waals surface area (Å²) in [7, 11) is 0. The number of carbonyl (C=O) groups is 2. The first-order valence-electron chi connectivity index (χ1n) is 6.98. The molecule has 6 nitrogen and oxygen atoms in total. The normalized spacial score (nSPS) is 12.7. The molecular formula is C14H21F2N3O3. The van der Waals surface area contributed by atoms with Crippen LogP contribution >= 0.6 is 0 Å². The molecule has 124 valence electrons. The van der Waals surface area contributed by atoms with Crippen LogP contribution in [0, 0.1) is 19.8 Å². The van der Waals surface area contributed by atoms with E-state index in [0.717, 1.165) is 0 Å². The Hall–Kier alpha value is -1.99. The van der Waals surface area contributed by atoms with Crippen molar-refractivity contribution in [3.05, 3.63) is 17.0 Å². The van der Waals surface area contributed by atoms with Gasteiger partial charge in [-0.05, 0) is 26.2 Å². The van der Waals surface area contributed by atoms with Gasteiger partial charge >= 0.3 is 12.5 Å². The molecule has 0 aliphatic rings.